The molecule has 120 valence electrons. The van der Waals surface area contributed by atoms with Crippen molar-refractivity contribution in [1.29, 1.82) is 5.26 Å². The van der Waals surface area contributed by atoms with E-state index in [1.54, 1.807) is 49.1 Å². The van der Waals surface area contributed by atoms with Crippen molar-refractivity contribution in [1.82, 2.24) is 9.58 Å². The number of nitriles is 1. The number of nitrogens with one attached hydrogen (secondary N) is 1. The van der Waals surface area contributed by atoms with Crippen molar-refractivity contribution in [3.8, 4) is 6.07 Å². The first-order valence-corrected chi connectivity index (χ1v) is 7.76. The van der Waals surface area contributed by atoms with Gasteiger partial charge in [0.15, 0.2) is 11.9 Å². The van der Waals surface area contributed by atoms with E-state index in [0.717, 1.165) is 11.4 Å². The van der Waals surface area contributed by atoms with Gasteiger partial charge in [0.1, 0.15) is 18.0 Å². The van der Waals surface area contributed by atoms with Gasteiger partial charge in [0, 0.05) is 16.8 Å². The normalized spacial score (nSPS) is 20.5. The Morgan fingerprint density at radius 2 is 1.96 bits per heavy atom. The summed E-state index contributed by atoms with van der Waals surface area (Å²) in [5.41, 5.74) is 1.93. The van der Waals surface area contributed by atoms with E-state index in [9.17, 15) is 0 Å². The number of rotatable bonds is 2. The highest BCUT2D eigenvalue weighted by atomic mass is 35.5. The van der Waals surface area contributed by atoms with Crippen LogP contribution < -0.4 is 9.91 Å². The number of anilines is 1. The van der Waals surface area contributed by atoms with Crippen LogP contribution in [0.15, 0.2) is 70.1 Å². The molecule has 1 N–H and O–H groups in total. The molecule has 4 rings (SSSR count). The molecule has 0 bridgehead atoms. The molecular formula is C17H11ClN7+. The Kier molecular flexibility index (Phi) is 3.61. The Hall–Kier alpha value is -3.34. The minimum Gasteiger partial charge on any atom is -0.320 e. The number of pyridine rings is 1. The largest absolute Gasteiger partial charge is 0.320 e. The van der Waals surface area contributed by atoms with Gasteiger partial charge in [0.05, 0.1) is 12.4 Å². The Morgan fingerprint density at radius 3 is 2.68 bits per heavy atom. The van der Waals surface area contributed by atoms with Gasteiger partial charge >= 0.3 is 0 Å². The molecule has 25 heavy (non-hydrogen) atoms. The van der Waals surface area contributed by atoms with Gasteiger partial charge < -0.3 is 5.32 Å². The second kappa shape index (κ2) is 5.94. The number of fused-ring (bicyclic) bond motifs is 1. The molecule has 8 heteroatoms. The number of hydrogen-bond acceptors (Lipinski definition) is 6. The minimum atomic E-state index is 0.0120. The van der Waals surface area contributed by atoms with Crippen LogP contribution in [0.25, 0.3) is 0 Å². The van der Waals surface area contributed by atoms with Crippen molar-refractivity contribution in [2.45, 2.75) is 0 Å². The maximum atomic E-state index is 8.93. The Labute approximate surface area is 148 Å². The highest BCUT2D eigenvalue weighted by Gasteiger charge is 2.43. The van der Waals surface area contributed by atoms with Crippen molar-refractivity contribution in [2.75, 3.05) is 5.32 Å². The lowest BCUT2D eigenvalue weighted by atomic mass is 10.3. The van der Waals surface area contributed by atoms with Gasteiger partial charge in [0.2, 0.25) is 0 Å². The average Bonchev–Trinajstić information content (AvgIpc) is 3.03. The Balaban J connectivity index is 1.72. The molecule has 0 radical (unpaired) electrons. The van der Waals surface area contributed by atoms with Gasteiger partial charge in [-0.15, -0.1) is 0 Å². The second-order valence-electron chi connectivity index (χ2n) is 5.30. The predicted octanol–water partition coefficient (Wildman–Crippen LogP) is 3.26. The van der Waals surface area contributed by atoms with Gasteiger partial charge in [0.25, 0.3) is 11.8 Å². The molecule has 7 nitrogen and oxygen atoms in total. The third-order valence-corrected chi connectivity index (χ3v) is 3.99. The van der Waals surface area contributed by atoms with Gasteiger partial charge in [-0.1, -0.05) is 16.2 Å². The van der Waals surface area contributed by atoms with E-state index in [1.165, 1.54) is 0 Å². The molecule has 0 amide bonds. The lowest BCUT2D eigenvalue weighted by Gasteiger charge is -2.23. The van der Waals surface area contributed by atoms with E-state index in [4.69, 9.17) is 22.0 Å². The molecule has 2 aliphatic heterocycles. The fourth-order valence-electron chi connectivity index (χ4n) is 2.52. The van der Waals surface area contributed by atoms with Gasteiger partial charge in [-0.05, 0) is 35.4 Å². The van der Waals surface area contributed by atoms with E-state index >= 15 is 0 Å². The molecule has 1 aromatic heterocycles. The third kappa shape index (κ3) is 2.70. The van der Waals surface area contributed by atoms with Crippen LogP contribution in [0.1, 0.15) is 5.69 Å². The highest BCUT2D eigenvalue weighted by molar-refractivity contribution is 6.38. The fraction of sp³-hybridized carbons (Fsp3) is 0. The number of benzene rings is 1. The first kappa shape index (κ1) is 15.2. The summed E-state index contributed by atoms with van der Waals surface area (Å²) < 4.78 is 0.0120. The van der Waals surface area contributed by atoms with Crippen LogP contribution in [0.2, 0.25) is 5.02 Å². The number of quaternary nitrogens is 1. The number of halogens is 1. The number of nitrogens with zero attached hydrogens (tertiary/aromatic N) is 6. The summed E-state index contributed by atoms with van der Waals surface area (Å²) in [5.74, 6) is 1.07. The monoisotopic (exact) mass is 348 g/mol. The van der Waals surface area contributed by atoms with Crippen LogP contribution in [-0.4, -0.2) is 23.0 Å². The first-order valence-electron chi connectivity index (χ1n) is 7.38. The standard InChI is InChI=1S/C17H11ClN7/c18-12-1-3-13(4-2-12)22-17-23-16-11-20-7-8-25(16,24-17)15-6-5-14(9-19)21-10-15/h1-8,10-11H,(H,22,24)/q+1. The van der Waals surface area contributed by atoms with Crippen LogP contribution in [0, 0.1) is 11.3 Å². The minimum absolute atomic E-state index is 0.0120. The smallest absolute Gasteiger partial charge is 0.287 e. The summed E-state index contributed by atoms with van der Waals surface area (Å²) in [7, 11) is 0. The molecule has 0 saturated carbocycles. The van der Waals surface area contributed by atoms with E-state index in [1.807, 2.05) is 18.2 Å². The second-order valence-corrected chi connectivity index (χ2v) is 5.74. The number of aromatic nitrogens is 1. The number of hydrogen-bond donors (Lipinski definition) is 1. The van der Waals surface area contributed by atoms with Gasteiger partial charge in [-0.2, -0.15) is 10.3 Å². The summed E-state index contributed by atoms with van der Waals surface area (Å²) >= 11 is 5.91. The predicted molar refractivity (Wildman–Crippen MR) is 98.3 cm³/mol. The van der Waals surface area contributed by atoms with Crippen molar-refractivity contribution in [2.24, 2.45) is 15.1 Å². The van der Waals surface area contributed by atoms with Crippen LogP contribution in [0.4, 0.5) is 11.4 Å². The molecule has 3 heterocycles. The van der Waals surface area contributed by atoms with E-state index in [-0.39, 0.29) is 4.59 Å². The van der Waals surface area contributed by atoms with Crippen LogP contribution in [0.5, 0.6) is 0 Å². The van der Waals surface area contributed by atoms with Crippen molar-refractivity contribution < 1.29 is 0 Å². The van der Waals surface area contributed by atoms with E-state index < -0.39 is 0 Å². The van der Waals surface area contributed by atoms with Gasteiger partial charge in [-0.3, -0.25) is 4.99 Å². The first-order chi connectivity index (χ1) is 12.2. The van der Waals surface area contributed by atoms with Crippen molar-refractivity contribution >= 4 is 41.0 Å². The maximum Gasteiger partial charge on any atom is 0.287 e. The van der Waals surface area contributed by atoms with Gasteiger partial charge in [-0.25, -0.2) is 4.98 Å². The zero-order chi connectivity index (χ0) is 17.3. The molecule has 0 fully saturated rings. The van der Waals surface area contributed by atoms with Crippen LogP contribution >= 0.6 is 11.6 Å². The van der Waals surface area contributed by atoms with Crippen LogP contribution in [0.3, 0.4) is 0 Å². The highest BCUT2D eigenvalue weighted by Crippen LogP contribution is 2.30. The lowest BCUT2D eigenvalue weighted by Crippen LogP contribution is -2.44. The Bertz CT molecular complexity index is 981. The van der Waals surface area contributed by atoms with Crippen molar-refractivity contribution in [3.05, 3.63) is 65.7 Å². The molecule has 2 aliphatic rings. The average molecular weight is 349 g/mol. The zero-order valence-corrected chi connectivity index (χ0v) is 13.6. The molecule has 1 aromatic carbocycles. The summed E-state index contributed by atoms with van der Waals surface area (Å²) in [6.07, 6.45) is 6.73. The number of amidine groups is 1. The fourth-order valence-corrected chi connectivity index (χ4v) is 2.65. The number of aliphatic imine (C=N–C) groups is 2. The summed E-state index contributed by atoms with van der Waals surface area (Å²) in [6, 6.07) is 12.7. The van der Waals surface area contributed by atoms with Crippen LogP contribution in [-0.2, 0) is 0 Å². The Morgan fingerprint density at radius 1 is 1.12 bits per heavy atom. The topological polar surface area (TPSA) is 85.8 Å². The SMILES string of the molecule is N#Cc1ccc([N+]23C=CN=CC2=NC(Nc2ccc(Cl)cc2)=N3)cn1. The molecule has 0 spiro atoms. The quantitative estimate of drug-likeness (QED) is 0.845. The summed E-state index contributed by atoms with van der Waals surface area (Å²) in [5, 5.41) is 17.4. The molecule has 1 atom stereocenters. The number of guanidine groups is 1. The lowest BCUT2D eigenvalue weighted by molar-refractivity contribution is 0.590. The summed E-state index contributed by atoms with van der Waals surface area (Å²) in [4.78, 5) is 12.8. The maximum absolute atomic E-state index is 8.93. The molecular weight excluding hydrogens is 338 g/mol. The van der Waals surface area contributed by atoms with Crippen molar-refractivity contribution in [3.63, 3.8) is 0 Å². The summed E-state index contributed by atoms with van der Waals surface area (Å²) in [6.45, 7) is 0. The third-order valence-electron chi connectivity index (χ3n) is 3.74. The molecule has 0 aliphatic carbocycles. The van der Waals surface area contributed by atoms with E-state index in [2.05, 4.69) is 20.3 Å². The molecule has 0 saturated heterocycles. The zero-order valence-electron chi connectivity index (χ0n) is 12.8. The van der Waals surface area contributed by atoms with E-state index in [0.29, 0.717) is 22.5 Å². The molecule has 2 aromatic rings. The molecule has 1 unspecified atom stereocenters.